The predicted molar refractivity (Wildman–Crippen MR) is 57.9 cm³/mol. The normalized spacial score (nSPS) is 9.12. The fourth-order valence-electron chi connectivity index (χ4n) is 1.26. The SMILES string of the molecule is CCOC(=O)CC(=O)c1cccc(C)c1.[H-].[Na+]. The number of ketones is 1. The Kier molecular flexibility index (Phi) is 7.30. The van der Waals surface area contributed by atoms with E-state index in [1.165, 1.54) is 0 Å². The van der Waals surface area contributed by atoms with E-state index in [2.05, 4.69) is 0 Å². The van der Waals surface area contributed by atoms with Crippen LogP contribution in [0.2, 0.25) is 0 Å². The zero-order valence-corrected chi connectivity index (χ0v) is 11.9. The first-order valence-corrected chi connectivity index (χ1v) is 4.89. The van der Waals surface area contributed by atoms with Crippen LogP contribution in [0.3, 0.4) is 0 Å². The van der Waals surface area contributed by atoms with Gasteiger partial charge in [0, 0.05) is 5.56 Å². The van der Waals surface area contributed by atoms with Gasteiger partial charge >= 0.3 is 35.5 Å². The van der Waals surface area contributed by atoms with E-state index in [4.69, 9.17) is 4.74 Å². The molecule has 0 amide bonds. The molecule has 1 rings (SSSR count). The molecule has 0 N–H and O–H groups in total. The molecule has 82 valence electrons. The summed E-state index contributed by atoms with van der Waals surface area (Å²) in [6.45, 7) is 3.93. The van der Waals surface area contributed by atoms with E-state index in [1.807, 2.05) is 13.0 Å². The number of carbonyl (C=O) groups is 2. The predicted octanol–water partition coefficient (Wildman–Crippen LogP) is -0.753. The molecular weight excluding hydrogens is 215 g/mol. The second-order valence-electron chi connectivity index (χ2n) is 3.27. The van der Waals surface area contributed by atoms with E-state index in [9.17, 15) is 9.59 Å². The Morgan fingerprint density at radius 3 is 2.62 bits per heavy atom. The Balaban J connectivity index is 0. The molecule has 0 fully saturated rings. The number of benzene rings is 1. The molecule has 0 atom stereocenters. The molecule has 0 aliphatic carbocycles. The summed E-state index contributed by atoms with van der Waals surface area (Å²) in [4.78, 5) is 22.6. The van der Waals surface area contributed by atoms with Crippen molar-refractivity contribution >= 4 is 11.8 Å². The van der Waals surface area contributed by atoms with Gasteiger partial charge in [0.25, 0.3) is 0 Å². The summed E-state index contributed by atoms with van der Waals surface area (Å²) in [5, 5.41) is 0. The van der Waals surface area contributed by atoms with Gasteiger partial charge < -0.3 is 6.16 Å². The third kappa shape index (κ3) is 4.92. The van der Waals surface area contributed by atoms with Gasteiger partial charge in [-0.15, -0.1) is 0 Å². The van der Waals surface area contributed by atoms with Crippen LogP contribution in [-0.4, -0.2) is 18.4 Å². The largest absolute Gasteiger partial charge is 1.00 e. The van der Waals surface area contributed by atoms with Crippen LogP contribution < -0.4 is 29.6 Å². The average Bonchev–Trinajstić information content (AvgIpc) is 2.18. The minimum absolute atomic E-state index is 0. The Morgan fingerprint density at radius 2 is 2.06 bits per heavy atom. The molecule has 1 aromatic rings. The quantitative estimate of drug-likeness (QED) is 0.296. The summed E-state index contributed by atoms with van der Waals surface area (Å²) in [6.07, 6.45) is -0.183. The number of carbonyl (C=O) groups excluding carboxylic acids is 2. The average molecular weight is 230 g/mol. The summed E-state index contributed by atoms with van der Waals surface area (Å²) < 4.78 is 4.70. The molecule has 16 heavy (non-hydrogen) atoms. The molecule has 1 aromatic carbocycles. The second-order valence-corrected chi connectivity index (χ2v) is 3.27. The van der Waals surface area contributed by atoms with Crippen molar-refractivity contribution in [1.29, 1.82) is 0 Å². The van der Waals surface area contributed by atoms with Gasteiger partial charge in [-0.25, -0.2) is 0 Å². The fourth-order valence-corrected chi connectivity index (χ4v) is 1.26. The van der Waals surface area contributed by atoms with Crippen molar-refractivity contribution in [2.24, 2.45) is 0 Å². The molecule has 3 nitrogen and oxygen atoms in total. The molecule has 0 aromatic heterocycles. The molecule has 0 aliphatic rings. The minimum atomic E-state index is -0.469. The number of aryl methyl sites for hydroxylation is 1. The zero-order chi connectivity index (χ0) is 11.3. The van der Waals surface area contributed by atoms with Crippen molar-refractivity contribution < 1.29 is 45.3 Å². The first kappa shape index (κ1) is 15.4. The standard InChI is InChI=1S/C12H14O3.Na.H/c1-3-15-12(14)8-11(13)10-6-4-5-9(2)7-10;;/h4-7H,3,8H2,1-2H3;;/q;+1;-1. The van der Waals surface area contributed by atoms with Crippen molar-refractivity contribution in [3.63, 3.8) is 0 Å². The van der Waals surface area contributed by atoms with Crippen molar-refractivity contribution in [3.05, 3.63) is 35.4 Å². The number of hydrogen-bond acceptors (Lipinski definition) is 3. The van der Waals surface area contributed by atoms with Crippen LogP contribution in [0.5, 0.6) is 0 Å². The summed E-state index contributed by atoms with van der Waals surface area (Å²) in [5.41, 5.74) is 1.56. The van der Waals surface area contributed by atoms with Gasteiger partial charge in [0.2, 0.25) is 0 Å². The van der Waals surface area contributed by atoms with Crippen LogP contribution in [0.4, 0.5) is 0 Å². The van der Waals surface area contributed by atoms with Crippen LogP contribution >= 0.6 is 0 Å². The van der Waals surface area contributed by atoms with Gasteiger partial charge in [0.15, 0.2) is 5.78 Å². The van der Waals surface area contributed by atoms with Crippen molar-refractivity contribution in [2.45, 2.75) is 20.3 Å². The van der Waals surface area contributed by atoms with Crippen LogP contribution in [0.1, 0.15) is 30.7 Å². The monoisotopic (exact) mass is 230 g/mol. The van der Waals surface area contributed by atoms with Crippen LogP contribution in [0, 0.1) is 6.92 Å². The molecule has 0 bridgehead atoms. The van der Waals surface area contributed by atoms with E-state index in [0.29, 0.717) is 12.2 Å². The van der Waals surface area contributed by atoms with Crippen molar-refractivity contribution in [2.75, 3.05) is 6.61 Å². The van der Waals surface area contributed by atoms with E-state index in [1.54, 1.807) is 25.1 Å². The molecule has 0 radical (unpaired) electrons. The maximum Gasteiger partial charge on any atom is 1.00 e. The number of Topliss-reactive ketones (excluding diaryl/α,β-unsaturated/α-hetero) is 1. The molecule has 0 aliphatic heterocycles. The summed E-state index contributed by atoms with van der Waals surface area (Å²) in [7, 11) is 0. The van der Waals surface area contributed by atoms with Gasteiger partial charge in [0.05, 0.1) is 6.61 Å². The maximum absolute atomic E-state index is 11.6. The first-order valence-electron chi connectivity index (χ1n) is 4.89. The summed E-state index contributed by atoms with van der Waals surface area (Å²) in [6, 6.07) is 7.17. The third-order valence-corrected chi connectivity index (χ3v) is 1.95. The number of ether oxygens (including phenoxy) is 1. The number of hydrogen-bond donors (Lipinski definition) is 0. The Morgan fingerprint density at radius 1 is 1.38 bits per heavy atom. The molecule has 0 unspecified atom stereocenters. The minimum Gasteiger partial charge on any atom is -1.00 e. The molecular formula is C12H15NaO3. The van der Waals surface area contributed by atoms with E-state index in [0.717, 1.165) is 5.56 Å². The van der Waals surface area contributed by atoms with E-state index >= 15 is 0 Å². The van der Waals surface area contributed by atoms with Gasteiger partial charge in [0.1, 0.15) is 6.42 Å². The summed E-state index contributed by atoms with van der Waals surface area (Å²) >= 11 is 0. The second kappa shape index (κ2) is 7.60. The number of esters is 1. The number of rotatable bonds is 4. The molecule has 0 saturated heterocycles. The van der Waals surface area contributed by atoms with Crippen molar-refractivity contribution in [1.82, 2.24) is 0 Å². The molecule has 4 heteroatoms. The molecule has 0 saturated carbocycles. The van der Waals surface area contributed by atoms with Gasteiger partial charge in [-0.2, -0.15) is 0 Å². The maximum atomic E-state index is 11.6. The van der Waals surface area contributed by atoms with Crippen LogP contribution in [-0.2, 0) is 9.53 Å². The Bertz CT molecular complexity index is 380. The fraction of sp³-hybridized carbons (Fsp3) is 0.333. The first-order chi connectivity index (χ1) is 7.13. The van der Waals surface area contributed by atoms with Gasteiger partial charge in [-0.05, 0) is 19.9 Å². The van der Waals surface area contributed by atoms with Crippen molar-refractivity contribution in [3.8, 4) is 0 Å². The summed E-state index contributed by atoms with van der Waals surface area (Å²) in [5.74, 6) is -0.666. The third-order valence-electron chi connectivity index (χ3n) is 1.95. The van der Waals surface area contributed by atoms with E-state index < -0.39 is 5.97 Å². The molecule has 0 spiro atoms. The smallest absolute Gasteiger partial charge is 1.00 e. The topological polar surface area (TPSA) is 43.4 Å². The molecule has 0 heterocycles. The Hall–Kier alpha value is -0.640. The Labute approximate surface area is 119 Å². The van der Waals surface area contributed by atoms with Gasteiger partial charge in [-0.3, -0.25) is 9.59 Å². The van der Waals surface area contributed by atoms with Crippen LogP contribution in [0.15, 0.2) is 24.3 Å². The van der Waals surface area contributed by atoms with Crippen LogP contribution in [0.25, 0.3) is 0 Å². The van der Waals surface area contributed by atoms with E-state index in [-0.39, 0.29) is 43.2 Å². The van der Waals surface area contributed by atoms with Gasteiger partial charge in [-0.1, -0.05) is 23.8 Å². The zero-order valence-electron chi connectivity index (χ0n) is 10.9.